The van der Waals surface area contributed by atoms with Crippen molar-refractivity contribution in [2.75, 3.05) is 19.6 Å². The maximum atomic E-state index is 5.04. The summed E-state index contributed by atoms with van der Waals surface area (Å²) < 4.78 is 5.04. The fraction of sp³-hybridized carbons (Fsp3) is 0.600. The fourth-order valence-corrected chi connectivity index (χ4v) is 3.53. The summed E-state index contributed by atoms with van der Waals surface area (Å²) in [4.78, 5) is 8.16. The van der Waals surface area contributed by atoms with E-state index in [0.717, 1.165) is 38.4 Å². The number of hydrogen-bond acceptors (Lipinski definition) is 6. The topological polar surface area (TPSA) is 54.2 Å². The second-order valence-electron chi connectivity index (χ2n) is 5.59. The van der Waals surface area contributed by atoms with E-state index < -0.39 is 0 Å². The van der Waals surface area contributed by atoms with Crippen LogP contribution in [0.25, 0.3) is 0 Å². The molecule has 1 N–H and O–H groups in total. The minimum atomic E-state index is 0.576. The normalized spacial score (nSPS) is 20.0. The smallest absolute Gasteiger partial charge is 0.223 e. The van der Waals surface area contributed by atoms with Gasteiger partial charge >= 0.3 is 0 Å². The Morgan fingerprint density at radius 2 is 2.48 bits per heavy atom. The number of nitrogens with one attached hydrogen (secondary N) is 1. The molecule has 1 saturated heterocycles. The molecule has 0 saturated carbocycles. The van der Waals surface area contributed by atoms with Gasteiger partial charge in [-0.3, -0.25) is 4.90 Å². The predicted octanol–water partition coefficient (Wildman–Crippen LogP) is 2.24. The van der Waals surface area contributed by atoms with Gasteiger partial charge in [0.05, 0.1) is 6.54 Å². The van der Waals surface area contributed by atoms with Crippen LogP contribution in [0.1, 0.15) is 29.4 Å². The number of hydrogen-bond donors (Lipinski definition) is 1. The number of aryl methyl sites for hydroxylation is 1. The number of thiophene rings is 1. The molecule has 1 atom stereocenters. The highest BCUT2D eigenvalue weighted by Gasteiger charge is 2.20. The van der Waals surface area contributed by atoms with Crippen molar-refractivity contribution in [3.05, 3.63) is 34.1 Å². The Bertz CT molecular complexity index is 540. The largest absolute Gasteiger partial charge is 0.340 e. The van der Waals surface area contributed by atoms with Crippen molar-refractivity contribution < 1.29 is 4.52 Å². The molecule has 1 unspecified atom stereocenters. The summed E-state index contributed by atoms with van der Waals surface area (Å²) in [6, 6.07) is 4.90. The summed E-state index contributed by atoms with van der Waals surface area (Å²) in [6.45, 7) is 5.87. The Balaban J connectivity index is 1.42. The van der Waals surface area contributed by atoms with Gasteiger partial charge < -0.3 is 9.84 Å². The number of likely N-dealkylation sites (tertiary alicyclic amines) is 1. The predicted molar refractivity (Wildman–Crippen MR) is 83.4 cm³/mol. The molecule has 0 bridgehead atoms. The third-order valence-electron chi connectivity index (χ3n) is 3.82. The summed E-state index contributed by atoms with van der Waals surface area (Å²) in [5.74, 6) is 1.44. The van der Waals surface area contributed by atoms with Gasteiger partial charge in [0, 0.05) is 30.9 Å². The summed E-state index contributed by atoms with van der Waals surface area (Å²) in [5, 5.41) is 9.81. The highest BCUT2D eigenvalue weighted by atomic mass is 32.1. The van der Waals surface area contributed by atoms with E-state index in [1.165, 1.54) is 17.7 Å². The van der Waals surface area contributed by atoms with Crippen LogP contribution in [0.15, 0.2) is 22.0 Å². The van der Waals surface area contributed by atoms with Crippen molar-refractivity contribution in [2.45, 2.75) is 38.8 Å². The van der Waals surface area contributed by atoms with Gasteiger partial charge in [-0.1, -0.05) is 11.2 Å². The molecule has 1 aliphatic rings. The molecular weight excluding hydrogens is 284 g/mol. The van der Waals surface area contributed by atoms with Crippen LogP contribution in [0.2, 0.25) is 0 Å². The lowest BCUT2D eigenvalue weighted by Gasteiger charge is -2.32. The molecule has 3 heterocycles. The zero-order chi connectivity index (χ0) is 14.5. The van der Waals surface area contributed by atoms with E-state index in [9.17, 15) is 0 Å². The first-order valence-corrected chi connectivity index (χ1v) is 8.45. The van der Waals surface area contributed by atoms with Crippen LogP contribution in [0.3, 0.4) is 0 Å². The van der Waals surface area contributed by atoms with E-state index in [1.54, 1.807) is 0 Å². The van der Waals surface area contributed by atoms with Crippen LogP contribution in [0, 0.1) is 6.92 Å². The van der Waals surface area contributed by atoms with E-state index in [-0.39, 0.29) is 0 Å². The summed E-state index contributed by atoms with van der Waals surface area (Å²) in [7, 11) is 0. The Kier molecular flexibility index (Phi) is 5.00. The fourth-order valence-electron chi connectivity index (χ4n) is 2.83. The first-order valence-electron chi connectivity index (χ1n) is 7.57. The van der Waals surface area contributed by atoms with Gasteiger partial charge in [-0.05, 0) is 37.3 Å². The molecule has 6 heteroatoms. The van der Waals surface area contributed by atoms with Gasteiger partial charge in [0.15, 0.2) is 5.82 Å². The molecule has 0 aliphatic carbocycles. The molecule has 5 nitrogen and oxygen atoms in total. The molecular formula is C15H22N4OS. The average Bonchev–Trinajstić information content (AvgIpc) is 3.11. The molecule has 3 rings (SSSR count). The maximum absolute atomic E-state index is 5.04. The molecule has 1 fully saturated rings. The van der Waals surface area contributed by atoms with Crippen molar-refractivity contribution >= 4 is 11.3 Å². The van der Waals surface area contributed by atoms with Crippen LogP contribution in [0.4, 0.5) is 0 Å². The van der Waals surface area contributed by atoms with Crippen LogP contribution < -0.4 is 5.32 Å². The Hall–Kier alpha value is -1.24. The average molecular weight is 306 g/mol. The minimum absolute atomic E-state index is 0.576. The van der Waals surface area contributed by atoms with Crippen molar-refractivity contribution in [3.63, 3.8) is 0 Å². The molecule has 114 valence electrons. The highest BCUT2D eigenvalue weighted by Crippen LogP contribution is 2.13. The van der Waals surface area contributed by atoms with E-state index in [1.807, 2.05) is 18.3 Å². The van der Waals surface area contributed by atoms with Crippen molar-refractivity contribution in [1.82, 2.24) is 20.4 Å². The zero-order valence-corrected chi connectivity index (χ0v) is 13.2. The second-order valence-corrected chi connectivity index (χ2v) is 6.62. The van der Waals surface area contributed by atoms with Gasteiger partial charge in [-0.25, -0.2) is 0 Å². The van der Waals surface area contributed by atoms with Gasteiger partial charge in [-0.15, -0.1) is 11.3 Å². The molecule has 0 spiro atoms. The molecule has 2 aromatic heterocycles. The minimum Gasteiger partial charge on any atom is -0.340 e. The Morgan fingerprint density at radius 3 is 3.24 bits per heavy atom. The van der Waals surface area contributed by atoms with E-state index in [0.29, 0.717) is 11.9 Å². The number of aromatic nitrogens is 2. The molecule has 1 aliphatic heterocycles. The molecule has 2 aromatic rings. The lowest BCUT2D eigenvalue weighted by molar-refractivity contribution is 0.178. The lowest BCUT2D eigenvalue weighted by atomic mass is 10.1. The summed E-state index contributed by atoms with van der Waals surface area (Å²) >= 11 is 1.84. The lowest BCUT2D eigenvalue weighted by Crippen LogP contribution is -2.45. The van der Waals surface area contributed by atoms with Gasteiger partial charge in [0.25, 0.3) is 0 Å². The zero-order valence-electron chi connectivity index (χ0n) is 12.4. The summed E-state index contributed by atoms with van der Waals surface area (Å²) in [6.07, 6.45) is 3.61. The Labute approximate surface area is 129 Å². The van der Waals surface area contributed by atoms with Gasteiger partial charge in [0.2, 0.25) is 5.89 Å². The third-order valence-corrected chi connectivity index (χ3v) is 4.76. The van der Waals surface area contributed by atoms with Crippen molar-refractivity contribution in [3.8, 4) is 0 Å². The standard InChI is InChI=1S/C15H22N4OS/c1-12-17-15(18-20-12)11-19-8-2-4-13(10-19)16-7-6-14-5-3-9-21-14/h3,5,9,13,16H,2,4,6-8,10-11H2,1H3. The Morgan fingerprint density at radius 1 is 1.52 bits per heavy atom. The van der Waals surface area contributed by atoms with E-state index in [4.69, 9.17) is 4.52 Å². The SMILES string of the molecule is Cc1nc(CN2CCCC(NCCc3cccs3)C2)no1. The molecule has 21 heavy (non-hydrogen) atoms. The first-order chi connectivity index (χ1) is 10.3. The summed E-state index contributed by atoms with van der Waals surface area (Å²) in [5.41, 5.74) is 0. The van der Waals surface area contributed by atoms with Crippen LogP contribution in [-0.2, 0) is 13.0 Å². The van der Waals surface area contributed by atoms with Crippen LogP contribution in [0.5, 0.6) is 0 Å². The first kappa shape index (κ1) is 14.7. The van der Waals surface area contributed by atoms with Crippen molar-refractivity contribution in [1.29, 1.82) is 0 Å². The van der Waals surface area contributed by atoms with Crippen molar-refractivity contribution in [2.24, 2.45) is 0 Å². The van der Waals surface area contributed by atoms with Gasteiger partial charge in [0.1, 0.15) is 0 Å². The van der Waals surface area contributed by atoms with Crippen LogP contribution in [-0.4, -0.2) is 40.7 Å². The number of piperidine rings is 1. The third kappa shape index (κ3) is 4.36. The molecule has 0 amide bonds. The monoisotopic (exact) mass is 306 g/mol. The van der Waals surface area contributed by atoms with Crippen LogP contribution >= 0.6 is 11.3 Å². The quantitative estimate of drug-likeness (QED) is 0.887. The second kappa shape index (κ2) is 7.15. The maximum Gasteiger partial charge on any atom is 0.223 e. The molecule has 0 aromatic carbocycles. The van der Waals surface area contributed by atoms with Gasteiger partial charge in [-0.2, -0.15) is 4.98 Å². The van der Waals surface area contributed by atoms with E-state index in [2.05, 4.69) is 37.9 Å². The van der Waals surface area contributed by atoms with E-state index >= 15 is 0 Å². The molecule has 0 radical (unpaired) electrons. The number of rotatable bonds is 6. The number of nitrogens with zero attached hydrogens (tertiary/aromatic N) is 3. The highest BCUT2D eigenvalue weighted by molar-refractivity contribution is 7.09.